The molecule has 2 N–H and O–H groups in total. The molecule has 3 rings (SSSR count). The molecule has 0 fully saturated rings. The van der Waals surface area contributed by atoms with Crippen LogP contribution < -0.4 is 5.32 Å². The van der Waals surface area contributed by atoms with Crippen LogP contribution in [0.25, 0.3) is 11.0 Å². The lowest BCUT2D eigenvalue weighted by Crippen LogP contribution is -2.19. The number of H-pyrrole nitrogens is 1. The average Bonchev–Trinajstić information content (AvgIpc) is 2.90. The first-order valence-corrected chi connectivity index (χ1v) is 6.82. The van der Waals surface area contributed by atoms with Crippen molar-refractivity contribution in [3.63, 3.8) is 0 Å². The lowest BCUT2D eigenvalue weighted by molar-refractivity contribution is 0.546. The number of benzene rings is 1. The quantitative estimate of drug-likeness (QED) is 0.763. The molecule has 0 bridgehead atoms. The van der Waals surface area contributed by atoms with E-state index in [1.807, 2.05) is 43.5 Å². The lowest BCUT2D eigenvalue weighted by Gasteiger charge is -2.10. The molecule has 3 aromatic rings. The fraction of sp³-hybridized carbons (Fsp3) is 0.250. The standard InChI is InChI=1S/C16H18N4/c1-11-7-8-13(18-9-11)10-17-12(2)16-19-14-5-3-4-6-15(14)20-16/h3-9,12,17H,10H2,1-2H3,(H,19,20). The first kappa shape index (κ1) is 12.8. The van der Waals surface area contributed by atoms with Gasteiger partial charge in [-0.1, -0.05) is 18.2 Å². The van der Waals surface area contributed by atoms with Crippen LogP contribution in [0.5, 0.6) is 0 Å². The molecule has 2 heterocycles. The van der Waals surface area contributed by atoms with E-state index in [1.54, 1.807) is 0 Å². The summed E-state index contributed by atoms with van der Waals surface area (Å²) in [5.41, 5.74) is 4.30. The summed E-state index contributed by atoms with van der Waals surface area (Å²) in [6, 6.07) is 12.4. The first-order valence-electron chi connectivity index (χ1n) is 6.82. The number of pyridine rings is 1. The van der Waals surface area contributed by atoms with Crippen LogP contribution in [-0.2, 0) is 6.54 Å². The van der Waals surface area contributed by atoms with Crippen LogP contribution in [0.15, 0.2) is 42.6 Å². The number of nitrogens with zero attached hydrogens (tertiary/aromatic N) is 2. The van der Waals surface area contributed by atoms with Gasteiger partial charge >= 0.3 is 0 Å². The Labute approximate surface area is 118 Å². The number of hydrogen-bond acceptors (Lipinski definition) is 3. The van der Waals surface area contributed by atoms with E-state index in [2.05, 4.69) is 33.3 Å². The fourth-order valence-electron chi connectivity index (χ4n) is 2.13. The Morgan fingerprint density at radius 3 is 2.80 bits per heavy atom. The summed E-state index contributed by atoms with van der Waals surface area (Å²) in [6.45, 7) is 4.88. The molecular formula is C16H18N4. The minimum atomic E-state index is 0.158. The molecule has 0 aliphatic heterocycles. The van der Waals surface area contributed by atoms with Gasteiger partial charge in [-0.2, -0.15) is 0 Å². The molecule has 4 nitrogen and oxygen atoms in total. The minimum absolute atomic E-state index is 0.158. The molecule has 1 aromatic carbocycles. The largest absolute Gasteiger partial charge is 0.341 e. The molecule has 0 spiro atoms. The Balaban J connectivity index is 1.69. The number of aromatic amines is 1. The van der Waals surface area contributed by atoms with E-state index in [0.29, 0.717) is 0 Å². The van der Waals surface area contributed by atoms with Gasteiger partial charge in [-0.15, -0.1) is 0 Å². The van der Waals surface area contributed by atoms with Gasteiger partial charge in [-0.3, -0.25) is 4.98 Å². The lowest BCUT2D eigenvalue weighted by atomic mass is 10.2. The second-order valence-corrected chi connectivity index (χ2v) is 5.07. The van der Waals surface area contributed by atoms with E-state index >= 15 is 0 Å². The topological polar surface area (TPSA) is 53.6 Å². The number of para-hydroxylation sites is 2. The highest BCUT2D eigenvalue weighted by atomic mass is 15.0. The Morgan fingerprint density at radius 1 is 1.20 bits per heavy atom. The summed E-state index contributed by atoms with van der Waals surface area (Å²) in [6.07, 6.45) is 1.89. The number of hydrogen-bond donors (Lipinski definition) is 2. The van der Waals surface area contributed by atoms with E-state index in [0.717, 1.165) is 29.1 Å². The molecule has 0 aliphatic rings. The molecule has 1 unspecified atom stereocenters. The van der Waals surface area contributed by atoms with Crippen LogP contribution in [0.2, 0.25) is 0 Å². The van der Waals surface area contributed by atoms with Crippen LogP contribution in [0.3, 0.4) is 0 Å². The second kappa shape index (κ2) is 5.43. The summed E-state index contributed by atoms with van der Waals surface area (Å²) >= 11 is 0. The Morgan fingerprint density at radius 2 is 2.05 bits per heavy atom. The normalized spacial score (nSPS) is 12.7. The van der Waals surface area contributed by atoms with Gasteiger partial charge in [0.25, 0.3) is 0 Å². The van der Waals surface area contributed by atoms with Gasteiger partial charge < -0.3 is 10.3 Å². The van der Waals surface area contributed by atoms with Crippen molar-refractivity contribution in [3.05, 3.63) is 59.7 Å². The zero-order valence-electron chi connectivity index (χ0n) is 11.7. The third-order valence-electron chi connectivity index (χ3n) is 3.38. The summed E-state index contributed by atoms with van der Waals surface area (Å²) < 4.78 is 0. The zero-order chi connectivity index (χ0) is 13.9. The van der Waals surface area contributed by atoms with Crippen molar-refractivity contribution in [3.8, 4) is 0 Å². The first-order chi connectivity index (χ1) is 9.72. The van der Waals surface area contributed by atoms with Gasteiger partial charge in [0, 0.05) is 12.7 Å². The Bertz CT molecular complexity index is 667. The van der Waals surface area contributed by atoms with Crippen LogP contribution in [0.4, 0.5) is 0 Å². The van der Waals surface area contributed by atoms with E-state index in [9.17, 15) is 0 Å². The number of aromatic nitrogens is 3. The van der Waals surface area contributed by atoms with E-state index in [1.165, 1.54) is 5.56 Å². The van der Waals surface area contributed by atoms with Crippen molar-refractivity contribution >= 4 is 11.0 Å². The monoisotopic (exact) mass is 266 g/mol. The van der Waals surface area contributed by atoms with Crippen LogP contribution in [0, 0.1) is 6.92 Å². The molecule has 102 valence electrons. The van der Waals surface area contributed by atoms with Crippen LogP contribution >= 0.6 is 0 Å². The van der Waals surface area contributed by atoms with Gasteiger partial charge in [-0.05, 0) is 37.6 Å². The predicted octanol–water partition coefficient (Wildman–Crippen LogP) is 3.12. The molecule has 0 amide bonds. The van der Waals surface area contributed by atoms with Crippen molar-refractivity contribution in [2.24, 2.45) is 0 Å². The van der Waals surface area contributed by atoms with Crippen molar-refractivity contribution in [2.45, 2.75) is 26.4 Å². The Kier molecular flexibility index (Phi) is 3.48. The van der Waals surface area contributed by atoms with Crippen LogP contribution in [-0.4, -0.2) is 15.0 Å². The molecule has 0 saturated heterocycles. The number of fused-ring (bicyclic) bond motifs is 1. The van der Waals surface area contributed by atoms with Crippen molar-refractivity contribution < 1.29 is 0 Å². The molecular weight excluding hydrogens is 248 g/mol. The van der Waals surface area contributed by atoms with E-state index in [-0.39, 0.29) is 6.04 Å². The maximum absolute atomic E-state index is 4.60. The summed E-state index contributed by atoms with van der Waals surface area (Å²) in [7, 11) is 0. The van der Waals surface area contributed by atoms with Gasteiger partial charge in [-0.25, -0.2) is 4.98 Å². The maximum Gasteiger partial charge on any atom is 0.124 e. The minimum Gasteiger partial charge on any atom is -0.341 e. The van der Waals surface area contributed by atoms with Gasteiger partial charge in [0.1, 0.15) is 5.82 Å². The molecule has 4 heteroatoms. The van der Waals surface area contributed by atoms with Gasteiger partial charge in [0.2, 0.25) is 0 Å². The molecule has 1 atom stereocenters. The van der Waals surface area contributed by atoms with E-state index < -0.39 is 0 Å². The molecule has 2 aromatic heterocycles. The number of rotatable bonds is 4. The van der Waals surface area contributed by atoms with Crippen molar-refractivity contribution in [2.75, 3.05) is 0 Å². The highest BCUT2D eigenvalue weighted by Gasteiger charge is 2.10. The Hall–Kier alpha value is -2.20. The SMILES string of the molecule is Cc1ccc(CNC(C)c2nc3ccccc3[nH]2)nc1. The number of imidazole rings is 1. The predicted molar refractivity (Wildman–Crippen MR) is 80.3 cm³/mol. The summed E-state index contributed by atoms with van der Waals surface area (Å²) in [4.78, 5) is 12.3. The summed E-state index contributed by atoms with van der Waals surface area (Å²) in [5.74, 6) is 0.957. The molecule has 0 aliphatic carbocycles. The van der Waals surface area contributed by atoms with Gasteiger partial charge in [0.15, 0.2) is 0 Å². The van der Waals surface area contributed by atoms with Crippen molar-refractivity contribution in [1.29, 1.82) is 0 Å². The highest BCUT2D eigenvalue weighted by molar-refractivity contribution is 5.74. The number of aryl methyl sites for hydroxylation is 1. The van der Waals surface area contributed by atoms with E-state index in [4.69, 9.17) is 0 Å². The summed E-state index contributed by atoms with van der Waals surface area (Å²) in [5, 5.41) is 3.44. The maximum atomic E-state index is 4.60. The smallest absolute Gasteiger partial charge is 0.124 e. The third kappa shape index (κ3) is 2.70. The highest BCUT2D eigenvalue weighted by Crippen LogP contribution is 2.15. The number of nitrogens with one attached hydrogen (secondary N) is 2. The van der Waals surface area contributed by atoms with Crippen LogP contribution in [0.1, 0.15) is 30.0 Å². The van der Waals surface area contributed by atoms with Crippen molar-refractivity contribution in [1.82, 2.24) is 20.3 Å². The van der Waals surface area contributed by atoms with Gasteiger partial charge in [0.05, 0.1) is 22.8 Å². The molecule has 0 saturated carbocycles. The third-order valence-corrected chi connectivity index (χ3v) is 3.38. The second-order valence-electron chi connectivity index (χ2n) is 5.07. The average molecular weight is 266 g/mol. The molecule has 0 radical (unpaired) electrons. The fourth-order valence-corrected chi connectivity index (χ4v) is 2.13. The molecule has 20 heavy (non-hydrogen) atoms. The zero-order valence-corrected chi connectivity index (χ0v) is 11.7.